The lowest BCUT2D eigenvalue weighted by molar-refractivity contribution is -0.121. The van der Waals surface area contributed by atoms with Crippen LogP contribution in [0.25, 0.3) is 0 Å². The maximum absolute atomic E-state index is 11.7. The second-order valence-corrected chi connectivity index (χ2v) is 4.99. The maximum atomic E-state index is 11.7. The normalized spacial score (nSPS) is 13.7. The summed E-state index contributed by atoms with van der Waals surface area (Å²) in [5, 5.41) is 8.06. The Kier molecular flexibility index (Phi) is 10.2. The van der Waals surface area contributed by atoms with Gasteiger partial charge in [-0.25, -0.2) is 4.79 Å². The summed E-state index contributed by atoms with van der Waals surface area (Å²) in [6.07, 6.45) is 5.96. The molecular weight excluding hydrogens is 242 g/mol. The van der Waals surface area contributed by atoms with Crippen LogP contribution in [0.4, 0.5) is 4.79 Å². The van der Waals surface area contributed by atoms with Crippen LogP contribution in [-0.2, 0) is 4.79 Å². The average molecular weight is 271 g/mol. The van der Waals surface area contributed by atoms with Crippen molar-refractivity contribution in [3.63, 3.8) is 0 Å². The molecule has 0 aliphatic heterocycles. The van der Waals surface area contributed by atoms with E-state index in [9.17, 15) is 9.59 Å². The van der Waals surface area contributed by atoms with Crippen molar-refractivity contribution in [3.8, 4) is 0 Å². The van der Waals surface area contributed by atoms with Crippen molar-refractivity contribution in [1.82, 2.24) is 16.0 Å². The Morgan fingerprint density at radius 2 is 1.74 bits per heavy atom. The van der Waals surface area contributed by atoms with Gasteiger partial charge in [-0.05, 0) is 27.2 Å². The van der Waals surface area contributed by atoms with E-state index < -0.39 is 6.03 Å². The van der Waals surface area contributed by atoms with Crippen LogP contribution in [-0.4, -0.2) is 30.6 Å². The van der Waals surface area contributed by atoms with Crippen LogP contribution in [0.5, 0.6) is 0 Å². The third-order valence-electron chi connectivity index (χ3n) is 2.99. The SMILES string of the molecule is CCCCCCC(C)NC(C)C(=O)NC(=O)NCC. The average Bonchev–Trinajstić information content (AvgIpc) is 2.34. The van der Waals surface area contributed by atoms with Gasteiger partial charge in [-0.2, -0.15) is 0 Å². The van der Waals surface area contributed by atoms with Crippen LogP contribution >= 0.6 is 0 Å². The predicted octanol–water partition coefficient (Wildman–Crippen LogP) is 2.17. The molecule has 0 aliphatic carbocycles. The van der Waals surface area contributed by atoms with Crippen LogP contribution in [0.15, 0.2) is 0 Å². The minimum atomic E-state index is -0.434. The Labute approximate surface area is 116 Å². The minimum Gasteiger partial charge on any atom is -0.338 e. The number of rotatable bonds is 9. The van der Waals surface area contributed by atoms with E-state index in [4.69, 9.17) is 0 Å². The molecule has 3 N–H and O–H groups in total. The van der Waals surface area contributed by atoms with Crippen LogP contribution < -0.4 is 16.0 Å². The van der Waals surface area contributed by atoms with Gasteiger partial charge in [0.1, 0.15) is 0 Å². The summed E-state index contributed by atoms with van der Waals surface area (Å²) in [4.78, 5) is 22.9. The predicted molar refractivity (Wildman–Crippen MR) is 78.0 cm³/mol. The number of urea groups is 1. The highest BCUT2D eigenvalue weighted by Gasteiger charge is 2.16. The smallest absolute Gasteiger partial charge is 0.321 e. The highest BCUT2D eigenvalue weighted by molar-refractivity contribution is 5.96. The lowest BCUT2D eigenvalue weighted by Gasteiger charge is -2.19. The van der Waals surface area contributed by atoms with E-state index in [2.05, 4.69) is 29.8 Å². The molecule has 5 nitrogen and oxygen atoms in total. The molecule has 2 unspecified atom stereocenters. The topological polar surface area (TPSA) is 70.2 Å². The van der Waals surface area contributed by atoms with Crippen LogP contribution in [0.1, 0.15) is 59.8 Å². The van der Waals surface area contributed by atoms with Gasteiger partial charge in [0.05, 0.1) is 6.04 Å². The number of carbonyl (C=O) groups is 2. The van der Waals surface area contributed by atoms with Crippen molar-refractivity contribution in [3.05, 3.63) is 0 Å². The summed E-state index contributed by atoms with van der Waals surface area (Å²) in [5.74, 6) is -0.286. The molecule has 0 spiro atoms. The Balaban J connectivity index is 3.84. The van der Waals surface area contributed by atoms with E-state index >= 15 is 0 Å². The first kappa shape index (κ1) is 17.9. The van der Waals surface area contributed by atoms with Gasteiger partial charge in [0.25, 0.3) is 0 Å². The summed E-state index contributed by atoms with van der Waals surface area (Å²) in [6.45, 7) is 8.35. The molecule has 3 amide bonds. The maximum Gasteiger partial charge on any atom is 0.321 e. The quantitative estimate of drug-likeness (QED) is 0.563. The Morgan fingerprint density at radius 3 is 2.32 bits per heavy atom. The van der Waals surface area contributed by atoms with Gasteiger partial charge in [-0.3, -0.25) is 10.1 Å². The zero-order chi connectivity index (χ0) is 14.7. The summed E-state index contributed by atoms with van der Waals surface area (Å²) >= 11 is 0. The molecule has 0 heterocycles. The molecule has 0 aliphatic rings. The van der Waals surface area contributed by atoms with Gasteiger partial charge >= 0.3 is 6.03 Å². The molecule has 0 bridgehead atoms. The fourth-order valence-corrected chi connectivity index (χ4v) is 1.89. The fourth-order valence-electron chi connectivity index (χ4n) is 1.89. The van der Waals surface area contributed by atoms with Crippen molar-refractivity contribution in [2.45, 2.75) is 71.9 Å². The molecule has 0 aromatic carbocycles. The standard InChI is InChI=1S/C14H29N3O2/c1-5-7-8-9-10-11(3)16-12(4)13(18)17-14(19)15-6-2/h11-12,16H,5-10H2,1-4H3,(H2,15,17,18,19). The molecule has 0 fully saturated rings. The molecule has 0 saturated heterocycles. The number of hydrogen-bond acceptors (Lipinski definition) is 3. The lowest BCUT2D eigenvalue weighted by Crippen LogP contribution is -2.50. The van der Waals surface area contributed by atoms with Crippen molar-refractivity contribution >= 4 is 11.9 Å². The van der Waals surface area contributed by atoms with Crippen molar-refractivity contribution < 1.29 is 9.59 Å². The molecule has 5 heteroatoms. The number of unbranched alkanes of at least 4 members (excludes halogenated alkanes) is 3. The van der Waals surface area contributed by atoms with Gasteiger partial charge in [-0.1, -0.05) is 32.6 Å². The highest BCUT2D eigenvalue weighted by atomic mass is 16.2. The second-order valence-electron chi connectivity index (χ2n) is 4.99. The number of imide groups is 1. The highest BCUT2D eigenvalue weighted by Crippen LogP contribution is 2.05. The van der Waals surface area contributed by atoms with E-state index in [0.29, 0.717) is 6.54 Å². The summed E-state index contributed by atoms with van der Waals surface area (Å²) in [7, 11) is 0. The third-order valence-corrected chi connectivity index (χ3v) is 2.99. The van der Waals surface area contributed by atoms with Gasteiger partial charge in [0.15, 0.2) is 0 Å². The Hall–Kier alpha value is -1.10. The molecule has 19 heavy (non-hydrogen) atoms. The lowest BCUT2D eigenvalue weighted by atomic mass is 10.1. The number of carbonyl (C=O) groups excluding carboxylic acids is 2. The van der Waals surface area contributed by atoms with E-state index in [0.717, 1.165) is 6.42 Å². The van der Waals surface area contributed by atoms with E-state index in [1.165, 1.54) is 25.7 Å². The van der Waals surface area contributed by atoms with E-state index in [1.54, 1.807) is 6.92 Å². The van der Waals surface area contributed by atoms with Crippen molar-refractivity contribution in [1.29, 1.82) is 0 Å². The van der Waals surface area contributed by atoms with Crippen LogP contribution in [0, 0.1) is 0 Å². The Bertz CT molecular complexity index is 269. The van der Waals surface area contributed by atoms with Gasteiger partial charge in [-0.15, -0.1) is 0 Å². The number of hydrogen-bond donors (Lipinski definition) is 3. The van der Waals surface area contributed by atoms with Crippen molar-refractivity contribution in [2.24, 2.45) is 0 Å². The molecule has 0 radical (unpaired) electrons. The largest absolute Gasteiger partial charge is 0.338 e. The molecule has 0 saturated carbocycles. The summed E-state index contributed by atoms with van der Waals surface area (Å²) < 4.78 is 0. The molecule has 2 atom stereocenters. The monoisotopic (exact) mass is 271 g/mol. The third kappa shape index (κ3) is 9.47. The first-order valence-corrected chi connectivity index (χ1v) is 7.35. The molecular formula is C14H29N3O2. The molecule has 0 aromatic rings. The van der Waals surface area contributed by atoms with Gasteiger partial charge in [0, 0.05) is 12.6 Å². The fraction of sp³-hybridized carbons (Fsp3) is 0.857. The molecule has 112 valence electrons. The van der Waals surface area contributed by atoms with Crippen molar-refractivity contribution in [2.75, 3.05) is 6.54 Å². The Morgan fingerprint density at radius 1 is 1.05 bits per heavy atom. The number of amides is 3. The van der Waals surface area contributed by atoms with E-state index in [-0.39, 0.29) is 18.0 Å². The van der Waals surface area contributed by atoms with Crippen LogP contribution in [0.3, 0.4) is 0 Å². The first-order valence-electron chi connectivity index (χ1n) is 7.35. The molecule has 0 rings (SSSR count). The summed E-state index contributed by atoms with van der Waals surface area (Å²) in [6, 6.07) is -0.507. The first-order chi connectivity index (χ1) is 9.01. The minimum absolute atomic E-state index is 0.284. The van der Waals surface area contributed by atoms with E-state index in [1.807, 2.05) is 6.92 Å². The van der Waals surface area contributed by atoms with Gasteiger partial charge in [0.2, 0.25) is 5.91 Å². The van der Waals surface area contributed by atoms with Crippen LogP contribution in [0.2, 0.25) is 0 Å². The second kappa shape index (κ2) is 10.8. The molecule has 0 aromatic heterocycles. The zero-order valence-electron chi connectivity index (χ0n) is 12.7. The van der Waals surface area contributed by atoms with Gasteiger partial charge < -0.3 is 10.6 Å². The number of nitrogens with one attached hydrogen (secondary N) is 3. The zero-order valence-corrected chi connectivity index (χ0v) is 12.7. The summed E-state index contributed by atoms with van der Waals surface area (Å²) in [5.41, 5.74) is 0.